The molecule has 104 valence electrons. The Bertz CT molecular complexity index is 646. The number of benzene rings is 1. The number of hydrogen-bond acceptors (Lipinski definition) is 3. The fraction of sp³-hybridized carbons (Fsp3) is 0.267. The molecule has 3 nitrogen and oxygen atoms in total. The summed E-state index contributed by atoms with van der Waals surface area (Å²) in [4.78, 5) is 13.9. The molecule has 2 aromatic rings. The predicted octanol–water partition coefficient (Wildman–Crippen LogP) is 4.32. The first-order valence-electron chi connectivity index (χ1n) is 6.53. The van der Waals surface area contributed by atoms with Crippen molar-refractivity contribution < 1.29 is 4.79 Å². The highest BCUT2D eigenvalue weighted by atomic mass is 79.9. The van der Waals surface area contributed by atoms with E-state index in [0.717, 1.165) is 24.3 Å². The summed E-state index contributed by atoms with van der Waals surface area (Å²) in [5.41, 5.74) is 3.25. The zero-order chi connectivity index (χ0) is 14.1. The average Bonchev–Trinajstić information content (AvgIpc) is 2.75. The third kappa shape index (κ3) is 2.88. The molecule has 1 aliphatic heterocycles. The number of nitrogens with one attached hydrogen (secondary N) is 2. The molecular weight excluding hydrogens is 336 g/mol. The Labute approximate surface area is 130 Å². The Hall–Kier alpha value is -1.33. The third-order valence-corrected chi connectivity index (χ3v) is 5.51. The molecule has 0 aliphatic carbocycles. The van der Waals surface area contributed by atoms with Gasteiger partial charge in [0, 0.05) is 38.6 Å². The maximum atomic E-state index is 11.3. The second kappa shape index (κ2) is 5.58. The maximum Gasteiger partial charge on any atom is 0.224 e. The molecule has 20 heavy (non-hydrogen) atoms. The number of carbonyl (C=O) groups is 1. The van der Waals surface area contributed by atoms with Gasteiger partial charge in [-0.15, -0.1) is 11.3 Å². The molecule has 0 fully saturated rings. The van der Waals surface area contributed by atoms with E-state index in [1.54, 1.807) is 11.3 Å². The fourth-order valence-corrected chi connectivity index (χ4v) is 3.83. The summed E-state index contributed by atoms with van der Waals surface area (Å²) in [7, 11) is 0. The predicted molar refractivity (Wildman–Crippen MR) is 87.5 cm³/mol. The molecule has 0 saturated carbocycles. The lowest BCUT2D eigenvalue weighted by molar-refractivity contribution is -0.116. The number of fused-ring (bicyclic) bond motifs is 1. The summed E-state index contributed by atoms with van der Waals surface area (Å²) in [5, 5.41) is 6.34. The summed E-state index contributed by atoms with van der Waals surface area (Å²) in [6.45, 7) is 2.93. The summed E-state index contributed by atoms with van der Waals surface area (Å²) >= 11 is 5.34. The van der Waals surface area contributed by atoms with Crippen LogP contribution in [0.15, 0.2) is 28.7 Å². The Balaban J connectivity index is 1.70. The molecule has 5 heteroatoms. The maximum absolute atomic E-state index is 11.3. The van der Waals surface area contributed by atoms with E-state index >= 15 is 0 Å². The van der Waals surface area contributed by atoms with Crippen LogP contribution in [-0.2, 0) is 17.8 Å². The number of anilines is 2. The van der Waals surface area contributed by atoms with Crippen molar-refractivity contribution in [2.45, 2.75) is 26.3 Å². The second-order valence-corrected chi connectivity index (χ2v) is 7.09. The van der Waals surface area contributed by atoms with E-state index in [2.05, 4.69) is 45.6 Å². The Morgan fingerprint density at radius 3 is 2.95 bits per heavy atom. The summed E-state index contributed by atoms with van der Waals surface area (Å²) in [6.07, 6.45) is 1.40. The molecule has 0 atom stereocenters. The number of hydrogen-bond donors (Lipinski definition) is 2. The highest BCUT2D eigenvalue weighted by Gasteiger charge is 2.14. The van der Waals surface area contributed by atoms with Gasteiger partial charge in [-0.3, -0.25) is 4.79 Å². The van der Waals surface area contributed by atoms with Gasteiger partial charge in [-0.1, -0.05) is 0 Å². The van der Waals surface area contributed by atoms with E-state index in [9.17, 15) is 4.79 Å². The molecular formula is C15H15BrN2OS. The van der Waals surface area contributed by atoms with Gasteiger partial charge < -0.3 is 10.6 Å². The molecule has 0 bridgehead atoms. The lowest BCUT2D eigenvalue weighted by Gasteiger charge is -2.17. The molecule has 2 N–H and O–H groups in total. The zero-order valence-corrected chi connectivity index (χ0v) is 13.5. The minimum Gasteiger partial charge on any atom is -0.380 e. The van der Waals surface area contributed by atoms with E-state index in [4.69, 9.17) is 0 Å². The number of halogens is 1. The number of thiophene rings is 1. The first-order chi connectivity index (χ1) is 9.61. The van der Waals surface area contributed by atoms with Crippen LogP contribution >= 0.6 is 27.3 Å². The number of rotatable bonds is 3. The molecule has 3 rings (SSSR count). The monoisotopic (exact) mass is 350 g/mol. The van der Waals surface area contributed by atoms with Crippen molar-refractivity contribution in [2.75, 3.05) is 10.6 Å². The van der Waals surface area contributed by atoms with Gasteiger partial charge >= 0.3 is 0 Å². The van der Waals surface area contributed by atoms with Gasteiger partial charge in [-0.05, 0) is 59.1 Å². The van der Waals surface area contributed by atoms with Gasteiger partial charge in [0.1, 0.15) is 0 Å². The second-order valence-electron chi connectivity index (χ2n) is 4.89. The van der Waals surface area contributed by atoms with Crippen molar-refractivity contribution in [1.82, 2.24) is 0 Å². The smallest absolute Gasteiger partial charge is 0.224 e. The van der Waals surface area contributed by atoms with E-state index < -0.39 is 0 Å². The normalized spacial score (nSPS) is 13.8. The van der Waals surface area contributed by atoms with Crippen molar-refractivity contribution in [3.05, 3.63) is 44.1 Å². The average molecular weight is 351 g/mol. The molecule has 1 amide bonds. The quantitative estimate of drug-likeness (QED) is 0.865. The van der Waals surface area contributed by atoms with Crippen LogP contribution in [0.3, 0.4) is 0 Å². The Kier molecular flexibility index (Phi) is 3.81. The molecule has 1 aromatic carbocycles. The van der Waals surface area contributed by atoms with Crippen LogP contribution in [0.2, 0.25) is 0 Å². The molecule has 0 radical (unpaired) electrons. The van der Waals surface area contributed by atoms with Crippen LogP contribution < -0.4 is 10.6 Å². The van der Waals surface area contributed by atoms with Crippen molar-refractivity contribution >= 4 is 44.5 Å². The van der Waals surface area contributed by atoms with Gasteiger partial charge in [0.05, 0.1) is 0 Å². The van der Waals surface area contributed by atoms with Crippen molar-refractivity contribution in [2.24, 2.45) is 0 Å². The van der Waals surface area contributed by atoms with E-state index in [1.807, 2.05) is 12.1 Å². The number of amides is 1. The van der Waals surface area contributed by atoms with Crippen LogP contribution in [0.5, 0.6) is 0 Å². The van der Waals surface area contributed by atoms with Gasteiger partial charge in [0.15, 0.2) is 0 Å². The lowest BCUT2D eigenvalue weighted by atomic mass is 10.0. The Morgan fingerprint density at radius 1 is 1.35 bits per heavy atom. The fourth-order valence-electron chi connectivity index (χ4n) is 2.29. The van der Waals surface area contributed by atoms with Crippen LogP contribution in [0, 0.1) is 6.92 Å². The van der Waals surface area contributed by atoms with Crippen molar-refractivity contribution in [3.8, 4) is 0 Å². The minimum absolute atomic E-state index is 0.108. The Morgan fingerprint density at radius 2 is 2.20 bits per heavy atom. The molecule has 0 unspecified atom stereocenters. The lowest BCUT2D eigenvalue weighted by Crippen LogP contribution is -2.18. The van der Waals surface area contributed by atoms with Gasteiger partial charge in [-0.25, -0.2) is 0 Å². The minimum atomic E-state index is 0.108. The van der Waals surface area contributed by atoms with Crippen LogP contribution in [-0.4, -0.2) is 5.91 Å². The van der Waals surface area contributed by atoms with Crippen molar-refractivity contribution in [1.29, 1.82) is 0 Å². The molecule has 0 saturated heterocycles. The first kappa shape index (κ1) is 13.6. The van der Waals surface area contributed by atoms with Gasteiger partial charge in [0.2, 0.25) is 5.91 Å². The summed E-state index contributed by atoms with van der Waals surface area (Å²) in [5.74, 6) is 0.108. The third-order valence-electron chi connectivity index (χ3n) is 3.38. The molecule has 2 heterocycles. The van der Waals surface area contributed by atoms with Crippen LogP contribution in [0.1, 0.15) is 21.7 Å². The zero-order valence-electron chi connectivity index (χ0n) is 11.1. The highest BCUT2D eigenvalue weighted by molar-refractivity contribution is 9.10. The van der Waals surface area contributed by atoms with E-state index in [-0.39, 0.29) is 5.91 Å². The standard InChI is InChI=1S/C15H15BrN2OS/c1-9-13(16)7-12(20-9)8-17-11-3-4-14-10(6-11)2-5-15(19)18-14/h3-4,6-7,17H,2,5,8H2,1H3,(H,18,19). The van der Waals surface area contributed by atoms with Crippen LogP contribution in [0.25, 0.3) is 0 Å². The molecule has 1 aliphatic rings. The SMILES string of the molecule is Cc1sc(CNc2ccc3c(c2)CCC(=O)N3)cc1Br. The van der Waals surface area contributed by atoms with Crippen LogP contribution in [0.4, 0.5) is 11.4 Å². The number of aryl methyl sites for hydroxylation is 2. The summed E-state index contributed by atoms with van der Waals surface area (Å²) < 4.78 is 1.17. The summed E-state index contributed by atoms with van der Waals surface area (Å²) in [6, 6.07) is 8.28. The number of carbonyl (C=O) groups excluding carboxylic acids is 1. The van der Waals surface area contributed by atoms with Gasteiger partial charge in [0.25, 0.3) is 0 Å². The largest absolute Gasteiger partial charge is 0.380 e. The molecule has 1 aromatic heterocycles. The van der Waals surface area contributed by atoms with E-state index in [1.165, 1.54) is 19.8 Å². The van der Waals surface area contributed by atoms with Crippen molar-refractivity contribution in [3.63, 3.8) is 0 Å². The topological polar surface area (TPSA) is 41.1 Å². The van der Waals surface area contributed by atoms with E-state index in [0.29, 0.717) is 6.42 Å². The first-order valence-corrected chi connectivity index (χ1v) is 8.14. The van der Waals surface area contributed by atoms with Gasteiger partial charge in [-0.2, -0.15) is 0 Å². The highest BCUT2D eigenvalue weighted by Crippen LogP contribution is 2.28. The molecule has 0 spiro atoms.